The molecule has 1 unspecified atom stereocenters. The number of halogens is 3. The van der Waals surface area contributed by atoms with E-state index in [1.807, 2.05) is 0 Å². The zero-order valence-electron chi connectivity index (χ0n) is 11.9. The minimum absolute atomic E-state index is 0.0298. The highest BCUT2D eigenvalue weighted by molar-refractivity contribution is 7.99. The van der Waals surface area contributed by atoms with Crippen molar-refractivity contribution in [2.24, 2.45) is 13.0 Å². The van der Waals surface area contributed by atoms with Gasteiger partial charge in [-0.2, -0.15) is 13.2 Å². The number of aryl methyl sites for hydroxylation is 1. The van der Waals surface area contributed by atoms with Crippen molar-refractivity contribution in [3.8, 4) is 0 Å². The summed E-state index contributed by atoms with van der Waals surface area (Å²) in [6.07, 6.45) is 0.748. The molecule has 0 aromatic carbocycles. The molecular weight excluding hydrogens is 303 g/mol. The first-order valence-corrected chi connectivity index (χ1v) is 7.73. The lowest BCUT2D eigenvalue weighted by molar-refractivity contribution is -0.164. The Bertz CT molecular complexity index is 499. The Labute approximate surface area is 125 Å². The number of hydrogen-bond acceptors (Lipinski definition) is 3. The van der Waals surface area contributed by atoms with Gasteiger partial charge >= 0.3 is 6.18 Å². The Morgan fingerprint density at radius 1 is 1.57 bits per heavy atom. The molecule has 1 amide bonds. The smallest absolute Gasteiger partial charge is 0.330 e. The fourth-order valence-corrected chi connectivity index (χ4v) is 3.00. The first-order valence-electron chi connectivity index (χ1n) is 6.74. The molecule has 0 N–H and O–H groups in total. The number of carbonyl (C=O) groups excluding carboxylic acids is 1. The van der Waals surface area contributed by atoms with Crippen LogP contribution in [0.2, 0.25) is 0 Å². The summed E-state index contributed by atoms with van der Waals surface area (Å²) < 4.78 is 39.7. The largest absolute Gasteiger partial charge is 0.406 e. The lowest BCUT2D eigenvalue weighted by Crippen LogP contribution is -2.46. The number of nitrogens with zero attached hydrogens (tertiary/aromatic N) is 3. The van der Waals surface area contributed by atoms with Crippen molar-refractivity contribution in [1.82, 2.24) is 14.5 Å². The fraction of sp³-hybridized carbons (Fsp3) is 0.692. The van der Waals surface area contributed by atoms with E-state index in [0.717, 1.165) is 29.5 Å². The molecule has 1 fully saturated rings. The van der Waals surface area contributed by atoms with Crippen molar-refractivity contribution < 1.29 is 18.0 Å². The van der Waals surface area contributed by atoms with Gasteiger partial charge in [-0.25, -0.2) is 4.98 Å². The van der Waals surface area contributed by atoms with Crippen LogP contribution in [0.15, 0.2) is 17.6 Å². The fourth-order valence-electron chi connectivity index (χ4n) is 2.19. The highest BCUT2D eigenvalue weighted by Gasteiger charge is 2.40. The van der Waals surface area contributed by atoms with Gasteiger partial charge in [0, 0.05) is 25.5 Å². The molecule has 1 heterocycles. The van der Waals surface area contributed by atoms with E-state index in [1.165, 1.54) is 0 Å². The molecule has 1 aromatic rings. The highest BCUT2D eigenvalue weighted by atomic mass is 32.2. The van der Waals surface area contributed by atoms with Gasteiger partial charge in [-0.15, -0.1) is 0 Å². The van der Waals surface area contributed by atoms with E-state index in [0.29, 0.717) is 5.16 Å². The summed E-state index contributed by atoms with van der Waals surface area (Å²) in [5.74, 6) is -0.313. The second-order valence-corrected chi connectivity index (χ2v) is 6.27. The summed E-state index contributed by atoms with van der Waals surface area (Å²) in [6.45, 7) is 0.525. The summed E-state index contributed by atoms with van der Waals surface area (Å²) in [7, 11) is 1.78. The summed E-state index contributed by atoms with van der Waals surface area (Å²) in [5.41, 5.74) is 0. The van der Waals surface area contributed by atoms with Gasteiger partial charge in [0.05, 0.1) is 5.75 Å². The van der Waals surface area contributed by atoms with Gasteiger partial charge in [0.15, 0.2) is 5.16 Å². The molecule has 4 nitrogen and oxygen atoms in total. The average Bonchev–Trinajstić information content (AvgIpc) is 3.15. The van der Waals surface area contributed by atoms with Crippen molar-refractivity contribution in [1.29, 1.82) is 0 Å². The topological polar surface area (TPSA) is 38.1 Å². The molecule has 0 radical (unpaired) electrons. The van der Waals surface area contributed by atoms with Gasteiger partial charge in [-0.1, -0.05) is 11.8 Å². The number of alkyl halides is 3. The maximum Gasteiger partial charge on any atom is 0.406 e. The third kappa shape index (κ3) is 4.66. The molecule has 1 saturated carbocycles. The first kappa shape index (κ1) is 16.2. The summed E-state index contributed by atoms with van der Waals surface area (Å²) in [4.78, 5) is 17.2. The standard InChI is InChI=1S/C13H18F3N3OS/c1-9(10-3-4-10)19(8-13(14,15)16)11(20)7-21-12-17-5-6-18(12)2/h5-6,9-10H,3-4,7-8H2,1-2H3. The second-order valence-electron chi connectivity index (χ2n) is 5.32. The van der Waals surface area contributed by atoms with Crippen LogP contribution in [0.4, 0.5) is 13.2 Å². The Hall–Kier alpha value is -1.18. The lowest BCUT2D eigenvalue weighted by Gasteiger charge is -2.30. The van der Waals surface area contributed by atoms with Crippen LogP contribution in [-0.2, 0) is 11.8 Å². The summed E-state index contributed by atoms with van der Waals surface area (Å²) >= 11 is 1.16. The van der Waals surface area contributed by atoms with Crippen LogP contribution in [0.5, 0.6) is 0 Å². The minimum atomic E-state index is -4.37. The van der Waals surface area contributed by atoms with Gasteiger partial charge < -0.3 is 9.47 Å². The third-order valence-electron chi connectivity index (χ3n) is 3.57. The molecule has 0 aliphatic heterocycles. The van der Waals surface area contributed by atoms with Crippen LogP contribution in [-0.4, -0.2) is 44.9 Å². The van der Waals surface area contributed by atoms with E-state index in [2.05, 4.69) is 4.98 Å². The molecule has 8 heteroatoms. The normalized spacial score (nSPS) is 16.8. The molecular formula is C13H18F3N3OS. The number of imidazole rings is 1. The van der Waals surface area contributed by atoms with Gasteiger partial charge in [0.2, 0.25) is 5.91 Å². The van der Waals surface area contributed by atoms with E-state index in [9.17, 15) is 18.0 Å². The predicted octanol–water partition coefficient (Wildman–Crippen LogP) is 2.70. The molecule has 1 atom stereocenters. The minimum Gasteiger partial charge on any atom is -0.330 e. The Morgan fingerprint density at radius 3 is 2.71 bits per heavy atom. The molecule has 0 saturated heterocycles. The van der Waals surface area contributed by atoms with Crippen LogP contribution >= 0.6 is 11.8 Å². The van der Waals surface area contributed by atoms with Crippen molar-refractivity contribution in [2.45, 2.75) is 37.1 Å². The number of hydrogen-bond donors (Lipinski definition) is 0. The molecule has 0 spiro atoms. The maximum atomic E-state index is 12.7. The van der Waals surface area contributed by atoms with Crippen LogP contribution in [0.1, 0.15) is 19.8 Å². The lowest BCUT2D eigenvalue weighted by atomic mass is 10.2. The van der Waals surface area contributed by atoms with Gasteiger partial charge in [0.25, 0.3) is 0 Å². The molecule has 2 rings (SSSR count). The molecule has 1 aliphatic rings. The maximum absolute atomic E-state index is 12.7. The first-order chi connectivity index (χ1) is 9.78. The molecule has 0 bridgehead atoms. The van der Waals surface area contributed by atoms with Crippen LogP contribution in [0, 0.1) is 5.92 Å². The summed E-state index contributed by atoms with van der Waals surface area (Å²) in [6, 6.07) is -0.360. The number of thioether (sulfide) groups is 1. The molecule has 21 heavy (non-hydrogen) atoms. The van der Waals surface area contributed by atoms with Gasteiger partial charge in [0.1, 0.15) is 6.54 Å². The summed E-state index contributed by atoms with van der Waals surface area (Å²) in [5, 5.41) is 0.620. The average molecular weight is 321 g/mol. The van der Waals surface area contributed by atoms with Crippen LogP contribution < -0.4 is 0 Å². The second kappa shape index (κ2) is 6.29. The van der Waals surface area contributed by atoms with E-state index < -0.39 is 18.6 Å². The SMILES string of the molecule is CC(C1CC1)N(CC(F)(F)F)C(=O)CSc1nccn1C. The van der Waals surface area contributed by atoms with Crippen molar-refractivity contribution in [3.63, 3.8) is 0 Å². The zero-order valence-corrected chi connectivity index (χ0v) is 12.7. The van der Waals surface area contributed by atoms with E-state index in [1.54, 1.807) is 30.9 Å². The Kier molecular flexibility index (Phi) is 4.85. The zero-order chi connectivity index (χ0) is 15.6. The molecule has 1 aliphatic carbocycles. The van der Waals surface area contributed by atoms with Crippen molar-refractivity contribution in [3.05, 3.63) is 12.4 Å². The number of aromatic nitrogens is 2. The van der Waals surface area contributed by atoms with E-state index in [4.69, 9.17) is 0 Å². The number of amides is 1. The van der Waals surface area contributed by atoms with Crippen LogP contribution in [0.3, 0.4) is 0 Å². The number of rotatable bonds is 6. The molecule has 1 aromatic heterocycles. The molecule has 118 valence electrons. The predicted molar refractivity (Wildman–Crippen MR) is 73.9 cm³/mol. The highest BCUT2D eigenvalue weighted by Crippen LogP contribution is 2.36. The van der Waals surface area contributed by atoms with Crippen molar-refractivity contribution >= 4 is 17.7 Å². The quantitative estimate of drug-likeness (QED) is 0.756. The number of carbonyl (C=O) groups is 1. The van der Waals surface area contributed by atoms with E-state index in [-0.39, 0.29) is 17.7 Å². The van der Waals surface area contributed by atoms with Crippen molar-refractivity contribution in [2.75, 3.05) is 12.3 Å². The van der Waals surface area contributed by atoms with Gasteiger partial charge in [-0.05, 0) is 25.7 Å². The van der Waals surface area contributed by atoms with E-state index >= 15 is 0 Å². The Morgan fingerprint density at radius 2 is 2.24 bits per heavy atom. The Balaban J connectivity index is 1.98. The van der Waals surface area contributed by atoms with Crippen LogP contribution in [0.25, 0.3) is 0 Å². The third-order valence-corrected chi connectivity index (χ3v) is 4.61. The monoisotopic (exact) mass is 321 g/mol. The van der Waals surface area contributed by atoms with Gasteiger partial charge in [-0.3, -0.25) is 4.79 Å².